The first kappa shape index (κ1) is 15.1. The molecule has 0 spiro atoms. The van der Waals surface area contributed by atoms with Crippen molar-refractivity contribution in [2.24, 2.45) is 0 Å². The van der Waals surface area contributed by atoms with E-state index in [1.807, 2.05) is 30.3 Å². The van der Waals surface area contributed by atoms with Crippen LogP contribution in [0, 0.1) is 0 Å². The number of ether oxygens (including phenoxy) is 1. The number of amides is 1. The van der Waals surface area contributed by atoms with Gasteiger partial charge in [0, 0.05) is 12.2 Å². The summed E-state index contributed by atoms with van der Waals surface area (Å²) in [5.74, 6) is -0.991. The Kier molecular flexibility index (Phi) is 4.27. The van der Waals surface area contributed by atoms with E-state index in [1.54, 1.807) is 4.68 Å². The van der Waals surface area contributed by atoms with Crippen LogP contribution in [-0.4, -0.2) is 33.0 Å². The van der Waals surface area contributed by atoms with Crippen LogP contribution in [0.1, 0.15) is 34.8 Å². The lowest BCUT2D eigenvalue weighted by atomic mass is 9.87. The molecule has 0 atom stereocenters. The average molecular weight is 315 g/mol. The maximum atomic E-state index is 11.7. The Hall–Kier alpha value is -2.83. The van der Waals surface area contributed by atoms with Gasteiger partial charge in [0.25, 0.3) is 0 Å². The van der Waals surface area contributed by atoms with Gasteiger partial charge in [-0.15, -0.1) is 0 Å². The summed E-state index contributed by atoms with van der Waals surface area (Å²) in [6.45, 7) is 0.240. The van der Waals surface area contributed by atoms with E-state index in [9.17, 15) is 9.59 Å². The Morgan fingerprint density at radius 3 is 2.70 bits per heavy atom. The highest BCUT2D eigenvalue weighted by molar-refractivity contribution is 5.86. The fourth-order valence-electron chi connectivity index (χ4n) is 2.50. The first-order chi connectivity index (χ1) is 11.1. The summed E-state index contributed by atoms with van der Waals surface area (Å²) in [4.78, 5) is 22.5. The zero-order valence-corrected chi connectivity index (χ0v) is 12.4. The zero-order chi connectivity index (χ0) is 16.2. The molecule has 1 aliphatic carbocycles. The van der Waals surface area contributed by atoms with Crippen molar-refractivity contribution in [2.45, 2.75) is 31.5 Å². The van der Waals surface area contributed by atoms with Crippen LogP contribution in [0.4, 0.5) is 4.79 Å². The van der Waals surface area contributed by atoms with Gasteiger partial charge >= 0.3 is 12.1 Å². The minimum Gasteiger partial charge on any atom is -0.478 e. The Bertz CT molecular complexity index is 692. The molecular formula is C16H17N3O4. The Balaban J connectivity index is 1.41. The third-order valence-corrected chi connectivity index (χ3v) is 3.87. The molecule has 1 heterocycles. The summed E-state index contributed by atoms with van der Waals surface area (Å²) in [5, 5.41) is 15.7. The van der Waals surface area contributed by atoms with Crippen LogP contribution < -0.4 is 5.32 Å². The van der Waals surface area contributed by atoms with E-state index in [1.165, 1.54) is 12.4 Å². The van der Waals surface area contributed by atoms with Crippen molar-refractivity contribution in [1.82, 2.24) is 15.1 Å². The summed E-state index contributed by atoms with van der Waals surface area (Å²) in [6.07, 6.45) is 3.82. The number of carbonyl (C=O) groups excluding carboxylic acids is 1. The topological polar surface area (TPSA) is 93.5 Å². The Morgan fingerprint density at radius 2 is 2.04 bits per heavy atom. The quantitative estimate of drug-likeness (QED) is 0.882. The number of carboxylic acids is 1. The number of benzene rings is 1. The number of aromatic nitrogens is 2. The van der Waals surface area contributed by atoms with Crippen LogP contribution in [0.15, 0.2) is 42.7 Å². The summed E-state index contributed by atoms with van der Waals surface area (Å²) in [6, 6.07) is 9.62. The summed E-state index contributed by atoms with van der Waals surface area (Å²) in [5.41, 5.74) is 1.11. The molecule has 0 bridgehead atoms. The van der Waals surface area contributed by atoms with E-state index >= 15 is 0 Å². The lowest BCUT2D eigenvalue weighted by Gasteiger charge is -2.35. The van der Waals surface area contributed by atoms with Crippen molar-refractivity contribution in [3.8, 4) is 0 Å². The minimum atomic E-state index is -0.991. The van der Waals surface area contributed by atoms with Gasteiger partial charge in [-0.25, -0.2) is 9.59 Å². The number of nitrogens with one attached hydrogen (secondary N) is 1. The molecule has 7 heteroatoms. The van der Waals surface area contributed by atoms with Crippen molar-refractivity contribution >= 4 is 12.1 Å². The molecule has 1 aromatic carbocycles. The number of nitrogens with zero attached hydrogens (tertiary/aromatic N) is 2. The van der Waals surface area contributed by atoms with E-state index in [0.29, 0.717) is 12.8 Å². The van der Waals surface area contributed by atoms with Gasteiger partial charge < -0.3 is 15.2 Å². The molecule has 0 saturated heterocycles. The molecule has 23 heavy (non-hydrogen) atoms. The van der Waals surface area contributed by atoms with Crippen molar-refractivity contribution in [3.63, 3.8) is 0 Å². The summed E-state index contributed by atoms with van der Waals surface area (Å²) >= 11 is 0. The van der Waals surface area contributed by atoms with E-state index in [0.717, 1.165) is 5.56 Å². The van der Waals surface area contributed by atoms with Crippen molar-refractivity contribution in [3.05, 3.63) is 53.9 Å². The van der Waals surface area contributed by atoms with Gasteiger partial charge in [0.05, 0.1) is 17.8 Å². The second-order valence-corrected chi connectivity index (χ2v) is 5.54. The van der Waals surface area contributed by atoms with Crippen LogP contribution in [0.2, 0.25) is 0 Å². The van der Waals surface area contributed by atoms with Crippen molar-refractivity contribution in [1.29, 1.82) is 0 Å². The number of carbonyl (C=O) groups is 2. The third kappa shape index (κ3) is 3.68. The van der Waals surface area contributed by atoms with Crippen molar-refractivity contribution in [2.75, 3.05) is 0 Å². The highest BCUT2D eigenvalue weighted by Crippen LogP contribution is 2.31. The lowest BCUT2D eigenvalue weighted by molar-refractivity contribution is 0.0696. The van der Waals surface area contributed by atoms with Gasteiger partial charge in [0.15, 0.2) is 0 Å². The number of hydrogen-bond donors (Lipinski definition) is 2. The molecule has 1 aliphatic rings. The monoisotopic (exact) mass is 315 g/mol. The number of carboxylic acid groups (broad SMARTS) is 1. The molecule has 0 unspecified atom stereocenters. The second-order valence-electron chi connectivity index (χ2n) is 5.54. The number of aromatic carboxylic acids is 1. The molecule has 120 valence electrons. The molecule has 0 aliphatic heterocycles. The smallest absolute Gasteiger partial charge is 0.407 e. The standard InChI is InChI=1S/C16H17N3O4/c20-15(21)12-8-17-19(9-12)14-6-13(7-14)18-16(22)23-10-11-4-2-1-3-5-11/h1-5,8-9,13-14H,6-7,10H2,(H,18,22)(H,20,21). The Labute approximate surface area is 132 Å². The Morgan fingerprint density at radius 1 is 1.30 bits per heavy atom. The molecule has 2 N–H and O–H groups in total. The molecule has 1 fully saturated rings. The fourth-order valence-corrected chi connectivity index (χ4v) is 2.50. The van der Waals surface area contributed by atoms with Gasteiger partial charge in [-0.2, -0.15) is 5.10 Å². The normalized spacial score (nSPS) is 19.7. The zero-order valence-electron chi connectivity index (χ0n) is 12.4. The third-order valence-electron chi connectivity index (χ3n) is 3.87. The van der Waals surface area contributed by atoms with Gasteiger partial charge in [-0.05, 0) is 18.4 Å². The first-order valence-corrected chi connectivity index (χ1v) is 7.36. The van der Waals surface area contributed by atoms with E-state index < -0.39 is 12.1 Å². The van der Waals surface area contributed by atoms with Crippen LogP contribution in [0.5, 0.6) is 0 Å². The molecule has 0 radical (unpaired) electrons. The van der Waals surface area contributed by atoms with Gasteiger partial charge in [-0.3, -0.25) is 4.68 Å². The lowest BCUT2D eigenvalue weighted by Crippen LogP contribution is -2.45. The highest BCUT2D eigenvalue weighted by atomic mass is 16.5. The van der Waals surface area contributed by atoms with Crippen LogP contribution >= 0.6 is 0 Å². The van der Waals surface area contributed by atoms with Crippen LogP contribution in [0.3, 0.4) is 0 Å². The number of rotatable bonds is 5. The van der Waals surface area contributed by atoms with E-state index in [4.69, 9.17) is 9.84 Å². The largest absolute Gasteiger partial charge is 0.478 e. The van der Waals surface area contributed by atoms with Crippen LogP contribution in [0.25, 0.3) is 0 Å². The van der Waals surface area contributed by atoms with E-state index in [2.05, 4.69) is 10.4 Å². The SMILES string of the molecule is O=C(NC1CC(n2cc(C(=O)O)cn2)C1)OCc1ccccc1. The van der Waals surface area contributed by atoms with Gasteiger partial charge in [0.1, 0.15) is 6.61 Å². The number of hydrogen-bond acceptors (Lipinski definition) is 4. The molecule has 1 amide bonds. The van der Waals surface area contributed by atoms with Crippen molar-refractivity contribution < 1.29 is 19.4 Å². The van der Waals surface area contributed by atoms with Crippen LogP contribution in [-0.2, 0) is 11.3 Å². The van der Waals surface area contributed by atoms with E-state index in [-0.39, 0.29) is 24.3 Å². The van der Waals surface area contributed by atoms with Gasteiger partial charge in [-0.1, -0.05) is 30.3 Å². The first-order valence-electron chi connectivity index (χ1n) is 7.36. The average Bonchev–Trinajstić information content (AvgIpc) is 2.99. The molecule has 1 saturated carbocycles. The summed E-state index contributed by atoms with van der Waals surface area (Å²) in [7, 11) is 0. The second kappa shape index (κ2) is 6.51. The summed E-state index contributed by atoms with van der Waals surface area (Å²) < 4.78 is 6.80. The molecule has 3 rings (SSSR count). The maximum absolute atomic E-state index is 11.7. The predicted octanol–water partition coefficient (Wildman–Crippen LogP) is 2.21. The van der Waals surface area contributed by atoms with Gasteiger partial charge in [0.2, 0.25) is 0 Å². The molecular weight excluding hydrogens is 298 g/mol. The highest BCUT2D eigenvalue weighted by Gasteiger charge is 2.32. The molecule has 7 nitrogen and oxygen atoms in total. The molecule has 1 aromatic heterocycles. The predicted molar refractivity (Wildman–Crippen MR) is 81.0 cm³/mol. The maximum Gasteiger partial charge on any atom is 0.407 e. The minimum absolute atomic E-state index is 0.0285. The molecule has 2 aromatic rings. The fraction of sp³-hybridized carbons (Fsp3) is 0.312. The number of alkyl carbamates (subject to hydrolysis) is 1.